The summed E-state index contributed by atoms with van der Waals surface area (Å²) in [6.07, 6.45) is 12.2. The van der Waals surface area contributed by atoms with E-state index in [1.807, 2.05) is 9.58 Å². The number of anilines is 1. The number of hydrogen-bond acceptors (Lipinski definition) is 5. The van der Waals surface area contributed by atoms with Gasteiger partial charge in [-0.25, -0.2) is 4.98 Å². The molecule has 2 N–H and O–H groups in total. The first-order chi connectivity index (χ1) is 13.2. The molecule has 3 heterocycles. The standard InChI is InChI=1S/C20H28N6O/c21-19-12-17(6-9-22-19)20(27)25-10-7-15(8-11-25)13-26-14-18(23-24-26)16-4-2-1-3-5-16/h6,9,12,14-16H,1-5,7-8,10-11,13H2,(H2,21,22). The molecule has 27 heavy (non-hydrogen) atoms. The van der Waals surface area contributed by atoms with Gasteiger partial charge in [-0.2, -0.15) is 0 Å². The van der Waals surface area contributed by atoms with E-state index in [-0.39, 0.29) is 5.91 Å². The number of amides is 1. The van der Waals surface area contributed by atoms with Gasteiger partial charge in [0.15, 0.2) is 0 Å². The smallest absolute Gasteiger partial charge is 0.254 e. The van der Waals surface area contributed by atoms with Crippen LogP contribution in [0.15, 0.2) is 24.5 Å². The Morgan fingerprint density at radius 3 is 2.67 bits per heavy atom. The van der Waals surface area contributed by atoms with Crippen LogP contribution in [-0.4, -0.2) is 43.9 Å². The zero-order valence-electron chi connectivity index (χ0n) is 15.8. The number of nitrogen functional groups attached to an aromatic ring is 1. The summed E-state index contributed by atoms with van der Waals surface area (Å²) < 4.78 is 2.01. The Hall–Kier alpha value is -2.44. The number of hydrogen-bond donors (Lipinski definition) is 1. The van der Waals surface area contributed by atoms with Crippen LogP contribution in [-0.2, 0) is 6.54 Å². The van der Waals surface area contributed by atoms with E-state index in [1.165, 1.54) is 32.1 Å². The van der Waals surface area contributed by atoms with E-state index in [4.69, 9.17) is 5.73 Å². The fourth-order valence-corrected chi connectivity index (χ4v) is 4.34. The van der Waals surface area contributed by atoms with Crippen LogP contribution >= 0.6 is 0 Å². The normalized spacial score (nSPS) is 19.3. The van der Waals surface area contributed by atoms with Crippen molar-refractivity contribution < 1.29 is 4.79 Å². The van der Waals surface area contributed by atoms with Gasteiger partial charge in [0.1, 0.15) is 5.82 Å². The zero-order valence-corrected chi connectivity index (χ0v) is 15.8. The highest BCUT2D eigenvalue weighted by Crippen LogP contribution is 2.31. The van der Waals surface area contributed by atoms with Crippen LogP contribution in [0.1, 0.15) is 66.9 Å². The molecule has 1 aliphatic heterocycles. The van der Waals surface area contributed by atoms with E-state index < -0.39 is 0 Å². The summed E-state index contributed by atoms with van der Waals surface area (Å²) in [5.74, 6) is 1.57. The van der Waals surface area contributed by atoms with E-state index in [1.54, 1.807) is 18.3 Å². The second kappa shape index (κ2) is 8.06. The summed E-state index contributed by atoms with van der Waals surface area (Å²) in [5, 5.41) is 8.79. The molecule has 0 radical (unpaired) electrons. The number of rotatable bonds is 4. The Morgan fingerprint density at radius 2 is 1.93 bits per heavy atom. The van der Waals surface area contributed by atoms with Gasteiger partial charge in [-0.1, -0.05) is 24.5 Å². The molecule has 1 aliphatic carbocycles. The molecule has 0 unspecified atom stereocenters. The minimum atomic E-state index is 0.0443. The lowest BCUT2D eigenvalue weighted by atomic mass is 9.87. The second-order valence-corrected chi connectivity index (χ2v) is 7.91. The van der Waals surface area contributed by atoms with Gasteiger partial charge in [-0.3, -0.25) is 9.48 Å². The Bertz CT molecular complexity index is 774. The average molecular weight is 368 g/mol. The van der Waals surface area contributed by atoms with Gasteiger partial charge >= 0.3 is 0 Å². The van der Waals surface area contributed by atoms with Crippen LogP contribution in [0.2, 0.25) is 0 Å². The molecule has 0 bridgehead atoms. The van der Waals surface area contributed by atoms with Gasteiger partial charge in [0, 0.05) is 43.5 Å². The molecule has 1 saturated heterocycles. The van der Waals surface area contributed by atoms with E-state index in [0.29, 0.717) is 23.2 Å². The van der Waals surface area contributed by atoms with Crippen molar-refractivity contribution in [2.75, 3.05) is 18.8 Å². The van der Waals surface area contributed by atoms with Crippen molar-refractivity contribution in [2.24, 2.45) is 5.92 Å². The van der Waals surface area contributed by atoms with Crippen molar-refractivity contribution in [1.29, 1.82) is 0 Å². The maximum absolute atomic E-state index is 12.6. The van der Waals surface area contributed by atoms with Crippen molar-refractivity contribution in [2.45, 2.75) is 57.4 Å². The minimum absolute atomic E-state index is 0.0443. The minimum Gasteiger partial charge on any atom is -0.384 e. The first kappa shape index (κ1) is 17.9. The third kappa shape index (κ3) is 4.28. The highest BCUT2D eigenvalue weighted by Gasteiger charge is 2.25. The summed E-state index contributed by atoms with van der Waals surface area (Å²) in [6, 6.07) is 3.38. The van der Waals surface area contributed by atoms with Gasteiger partial charge in [-0.15, -0.1) is 5.10 Å². The topological polar surface area (TPSA) is 89.9 Å². The van der Waals surface area contributed by atoms with Crippen LogP contribution in [0.5, 0.6) is 0 Å². The van der Waals surface area contributed by atoms with Crippen molar-refractivity contribution in [3.05, 3.63) is 35.8 Å². The summed E-state index contributed by atoms with van der Waals surface area (Å²) in [6.45, 7) is 2.44. The van der Waals surface area contributed by atoms with Gasteiger partial charge < -0.3 is 10.6 Å². The number of nitrogens with two attached hydrogens (primary N) is 1. The molecule has 2 aromatic rings. The fraction of sp³-hybridized carbons (Fsp3) is 0.600. The molecular formula is C20H28N6O. The number of pyridine rings is 1. The lowest BCUT2D eigenvalue weighted by Gasteiger charge is -2.32. The molecule has 2 aromatic heterocycles. The molecule has 2 fully saturated rings. The molecule has 0 spiro atoms. The number of likely N-dealkylation sites (tertiary alicyclic amines) is 1. The SMILES string of the molecule is Nc1cc(C(=O)N2CCC(Cn3cc(C4CCCCC4)nn3)CC2)ccn1. The van der Waals surface area contributed by atoms with Crippen LogP contribution in [0.3, 0.4) is 0 Å². The number of aromatic nitrogens is 4. The average Bonchev–Trinajstić information content (AvgIpc) is 3.17. The molecule has 2 aliphatic rings. The molecule has 4 rings (SSSR count). The molecular weight excluding hydrogens is 340 g/mol. The maximum Gasteiger partial charge on any atom is 0.254 e. The molecule has 1 amide bonds. The Kier molecular flexibility index (Phi) is 5.36. The third-order valence-electron chi connectivity index (χ3n) is 5.95. The quantitative estimate of drug-likeness (QED) is 0.896. The molecule has 7 heteroatoms. The monoisotopic (exact) mass is 368 g/mol. The molecule has 0 aromatic carbocycles. The number of carbonyl (C=O) groups excluding carboxylic acids is 1. The van der Waals surface area contributed by atoms with Gasteiger partial charge in [-0.05, 0) is 43.7 Å². The van der Waals surface area contributed by atoms with Crippen LogP contribution < -0.4 is 5.73 Å². The van der Waals surface area contributed by atoms with Crippen LogP contribution in [0.25, 0.3) is 0 Å². The summed E-state index contributed by atoms with van der Waals surface area (Å²) in [4.78, 5) is 18.5. The zero-order chi connectivity index (χ0) is 18.6. The highest BCUT2D eigenvalue weighted by molar-refractivity contribution is 5.94. The van der Waals surface area contributed by atoms with Gasteiger partial charge in [0.05, 0.1) is 5.69 Å². The lowest BCUT2D eigenvalue weighted by molar-refractivity contribution is 0.0681. The van der Waals surface area contributed by atoms with Crippen LogP contribution in [0.4, 0.5) is 5.82 Å². The Labute approximate surface area is 159 Å². The molecule has 144 valence electrons. The van der Waals surface area contributed by atoms with E-state index in [0.717, 1.165) is 38.2 Å². The van der Waals surface area contributed by atoms with Gasteiger partial charge in [0.25, 0.3) is 5.91 Å². The summed E-state index contributed by atoms with van der Waals surface area (Å²) in [5.41, 5.74) is 7.48. The third-order valence-corrected chi connectivity index (χ3v) is 5.95. The van der Waals surface area contributed by atoms with Crippen molar-refractivity contribution >= 4 is 11.7 Å². The number of piperidine rings is 1. The number of nitrogens with zero attached hydrogens (tertiary/aromatic N) is 5. The predicted octanol–water partition coefficient (Wildman–Crippen LogP) is 2.86. The Balaban J connectivity index is 1.29. The molecule has 7 nitrogen and oxygen atoms in total. The first-order valence-corrected chi connectivity index (χ1v) is 10.1. The van der Waals surface area contributed by atoms with Crippen molar-refractivity contribution in [3.63, 3.8) is 0 Å². The van der Waals surface area contributed by atoms with E-state index in [2.05, 4.69) is 21.5 Å². The van der Waals surface area contributed by atoms with Gasteiger partial charge in [0.2, 0.25) is 0 Å². The Morgan fingerprint density at radius 1 is 1.15 bits per heavy atom. The fourth-order valence-electron chi connectivity index (χ4n) is 4.34. The van der Waals surface area contributed by atoms with Crippen molar-refractivity contribution in [1.82, 2.24) is 24.9 Å². The van der Waals surface area contributed by atoms with Crippen LogP contribution in [0, 0.1) is 5.92 Å². The second-order valence-electron chi connectivity index (χ2n) is 7.91. The summed E-state index contributed by atoms with van der Waals surface area (Å²) >= 11 is 0. The molecule has 1 saturated carbocycles. The van der Waals surface area contributed by atoms with E-state index >= 15 is 0 Å². The lowest BCUT2D eigenvalue weighted by Crippen LogP contribution is -2.39. The predicted molar refractivity (Wildman–Crippen MR) is 103 cm³/mol. The van der Waals surface area contributed by atoms with E-state index in [9.17, 15) is 4.79 Å². The maximum atomic E-state index is 12.6. The highest BCUT2D eigenvalue weighted by atomic mass is 16.2. The first-order valence-electron chi connectivity index (χ1n) is 10.1. The number of carbonyl (C=O) groups is 1. The summed E-state index contributed by atoms with van der Waals surface area (Å²) in [7, 11) is 0. The largest absolute Gasteiger partial charge is 0.384 e. The molecule has 0 atom stereocenters. The van der Waals surface area contributed by atoms with Crippen molar-refractivity contribution in [3.8, 4) is 0 Å².